The average Bonchev–Trinajstić information content (AvgIpc) is 3.00. The molecule has 0 aliphatic carbocycles. The van der Waals surface area contributed by atoms with E-state index in [1.807, 2.05) is 12.3 Å². The van der Waals surface area contributed by atoms with Gasteiger partial charge in [0.1, 0.15) is 12.3 Å². The van der Waals surface area contributed by atoms with Crippen molar-refractivity contribution in [1.82, 2.24) is 9.97 Å². The van der Waals surface area contributed by atoms with E-state index in [4.69, 9.17) is 4.74 Å². The second kappa shape index (κ2) is 6.22. The lowest BCUT2D eigenvalue weighted by molar-refractivity contribution is 0.0461. The van der Waals surface area contributed by atoms with Crippen LogP contribution in [-0.4, -0.2) is 21.7 Å². The van der Waals surface area contributed by atoms with E-state index < -0.39 is 5.97 Å². The van der Waals surface area contributed by atoms with E-state index in [0.717, 1.165) is 17.1 Å². The van der Waals surface area contributed by atoms with E-state index in [-0.39, 0.29) is 12.4 Å². The predicted octanol–water partition coefficient (Wildman–Crippen LogP) is 3.21. The average molecular weight is 306 g/mol. The van der Waals surface area contributed by atoms with Crippen LogP contribution in [0.25, 0.3) is 0 Å². The van der Waals surface area contributed by atoms with Crippen molar-refractivity contribution >= 4 is 23.1 Å². The molecule has 0 fully saturated rings. The number of hydrogen-bond donors (Lipinski definition) is 1. The van der Waals surface area contributed by atoms with Crippen molar-refractivity contribution in [2.75, 3.05) is 0 Å². The number of aromatic nitrogens is 2. The molecule has 0 spiro atoms. The van der Waals surface area contributed by atoms with Gasteiger partial charge in [0.2, 0.25) is 0 Å². The molecule has 0 unspecified atom stereocenters. The molecule has 0 bridgehead atoms. The van der Waals surface area contributed by atoms with Gasteiger partial charge in [0.25, 0.3) is 0 Å². The normalized spacial score (nSPS) is 10.7. The summed E-state index contributed by atoms with van der Waals surface area (Å²) in [6.45, 7) is 7.17. The Morgan fingerprint density at radius 3 is 2.62 bits per heavy atom. The monoisotopic (exact) mass is 306 g/mol. The molecule has 0 aliphatic rings. The Morgan fingerprint density at radius 1 is 1.38 bits per heavy atom. The molecule has 2 aromatic rings. The zero-order valence-corrected chi connectivity index (χ0v) is 13.4. The number of aromatic amines is 1. The van der Waals surface area contributed by atoms with Crippen molar-refractivity contribution in [3.8, 4) is 0 Å². The highest BCUT2D eigenvalue weighted by molar-refractivity contribution is 7.09. The van der Waals surface area contributed by atoms with Crippen LogP contribution in [0.2, 0.25) is 0 Å². The standard InChI is InChI=1S/C15H18N2O3S/c1-5-12-17-11(7-21-12)6-20-15(19)14-8(2)13(10(4)18)9(3)16-14/h7,16H,5-6H2,1-4H3. The molecule has 0 saturated carbocycles. The molecule has 2 aromatic heterocycles. The first-order valence-corrected chi connectivity index (χ1v) is 7.62. The third-order valence-corrected chi connectivity index (χ3v) is 4.29. The maximum Gasteiger partial charge on any atom is 0.355 e. The lowest BCUT2D eigenvalue weighted by atomic mass is 10.1. The molecule has 0 atom stereocenters. The highest BCUT2D eigenvalue weighted by atomic mass is 32.1. The first-order chi connectivity index (χ1) is 9.93. The molecule has 21 heavy (non-hydrogen) atoms. The molecule has 0 radical (unpaired) electrons. The van der Waals surface area contributed by atoms with Gasteiger partial charge in [-0.25, -0.2) is 9.78 Å². The van der Waals surface area contributed by atoms with Gasteiger partial charge in [0.15, 0.2) is 5.78 Å². The predicted molar refractivity (Wildman–Crippen MR) is 80.9 cm³/mol. The number of ether oxygens (including phenoxy) is 1. The van der Waals surface area contributed by atoms with Gasteiger partial charge in [0.05, 0.1) is 10.7 Å². The molecule has 0 aromatic carbocycles. The molecule has 0 saturated heterocycles. The lowest BCUT2D eigenvalue weighted by Crippen LogP contribution is -2.08. The number of nitrogens with zero attached hydrogens (tertiary/aromatic N) is 1. The highest BCUT2D eigenvalue weighted by Crippen LogP contribution is 2.20. The van der Waals surface area contributed by atoms with Crippen LogP contribution in [0, 0.1) is 13.8 Å². The number of rotatable bonds is 5. The zero-order valence-electron chi connectivity index (χ0n) is 12.6. The Kier molecular flexibility index (Phi) is 4.57. The van der Waals surface area contributed by atoms with Crippen molar-refractivity contribution in [1.29, 1.82) is 0 Å². The second-order valence-corrected chi connectivity index (χ2v) is 5.79. The number of H-pyrrole nitrogens is 1. The fraction of sp³-hybridized carbons (Fsp3) is 0.400. The number of Topliss-reactive ketones (excluding diaryl/α,β-unsaturated/α-hetero) is 1. The number of thiazole rings is 1. The van der Waals surface area contributed by atoms with Gasteiger partial charge in [-0.1, -0.05) is 6.92 Å². The minimum atomic E-state index is -0.464. The van der Waals surface area contributed by atoms with Gasteiger partial charge in [-0.3, -0.25) is 4.79 Å². The Labute approximate surface area is 127 Å². The van der Waals surface area contributed by atoms with Crippen LogP contribution in [0.3, 0.4) is 0 Å². The van der Waals surface area contributed by atoms with Crippen molar-refractivity contribution in [2.45, 2.75) is 40.7 Å². The first-order valence-electron chi connectivity index (χ1n) is 6.74. The van der Waals surface area contributed by atoms with Crippen LogP contribution in [0.5, 0.6) is 0 Å². The largest absolute Gasteiger partial charge is 0.454 e. The number of carbonyl (C=O) groups is 2. The van der Waals surface area contributed by atoms with E-state index in [1.165, 1.54) is 6.92 Å². The van der Waals surface area contributed by atoms with Crippen molar-refractivity contribution in [3.05, 3.63) is 38.6 Å². The summed E-state index contributed by atoms with van der Waals surface area (Å²) < 4.78 is 5.26. The van der Waals surface area contributed by atoms with Crippen LogP contribution in [0.1, 0.15) is 56.7 Å². The quantitative estimate of drug-likeness (QED) is 0.680. The van der Waals surface area contributed by atoms with Crippen LogP contribution in [0.4, 0.5) is 0 Å². The molecule has 112 valence electrons. The van der Waals surface area contributed by atoms with Crippen LogP contribution in [-0.2, 0) is 17.8 Å². The SMILES string of the molecule is CCc1nc(COC(=O)c2[nH]c(C)c(C(C)=O)c2C)cs1. The molecular weight excluding hydrogens is 288 g/mol. The van der Waals surface area contributed by atoms with E-state index in [1.54, 1.807) is 25.2 Å². The Bertz CT molecular complexity index is 685. The first kappa shape index (κ1) is 15.4. The summed E-state index contributed by atoms with van der Waals surface area (Å²) in [7, 11) is 0. The summed E-state index contributed by atoms with van der Waals surface area (Å²) in [4.78, 5) is 30.9. The number of carbonyl (C=O) groups excluding carboxylic acids is 2. The summed E-state index contributed by atoms with van der Waals surface area (Å²) in [6, 6.07) is 0. The Balaban J connectivity index is 2.10. The second-order valence-electron chi connectivity index (χ2n) is 4.84. The molecule has 6 heteroatoms. The van der Waals surface area contributed by atoms with Gasteiger partial charge in [-0.2, -0.15) is 0 Å². The van der Waals surface area contributed by atoms with Crippen molar-refractivity contribution in [3.63, 3.8) is 0 Å². The highest BCUT2D eigenvalue weighted by Gasteiger charge is 2.21. The maximum atomic E-state index is 12.1. The summed E-state index contributed by atoms with van der Waals surface area (Å²) in [5, 5.41) is 2.91. The third kappa shape index (κ3) is 3.21. The molecule has 0 amide bonds. The number of hydrogen-bond acceptors (Lipinski definition) is 5. The fourth-order valence-electron chi connectivity index (χ4n) is 2.27. The topological polar surface area (TPSA) is 72.0 Å². The number of esters is 1. The molecule has 5 nitrogen and oxygen atoms in total. The molecular formula is C15H18N2O3S. The van der Waals surface area contributed by atoms with Gasteiger partial charge < -0.3 is 9.72 Å². The smallest absolute Gasteiger partial charge is 0.355 e. The van der Waals surface area contributed by atoms with Crippen LogP contribution < -0.4 is 0 Å². The van der Waals surface area contributed by atoms with E-state index in [2.05, 4.69) is 9.97 Å². The molecule has 0 aliphatic heterocycles. The summed E-state index contributed by atoms with van der Waals surface area (Å²) >= 11 is 1.56. The van der Waals surface area contributed by atoms with Crippen LogP contribution in [0.15, 0.2) is 5.38 Å². The van der Waals surface area contributed by atoms with Gasteiger partial charge >= 0.3 is 5.97 Å². The third-order valence-electron chi connectivity index (χ3n) is 3.25. The summed E-state index contributed by atoms with van der Waals surface area (Å²) in [5.41, 5.74) is 2.97. The zero-order chi connectivity index (χ0) is 15.6. The van der Waals surface area contributed by atoms with Crippen molar-refractivity contribution < 1.29 is 14.3 Å². The molecule has 2 heterocycles. The minimum Gasteiger partial charge on any atom is -0.454 e. The Hall–Kier alpha value is -1.95. The number of aryl methyl sites for hydroxylation is 2. The van der Waals surface area contributed by atoms with Crippen LogP contribution >= 0.6 is 11.3 Å². The lowest BCUT2D eigenvalue weighted by Gasteiger charge is -2.02. The van der Waals surface area contributed by atoms with Gasteiger partial charge in [0, 0.05) is 16.6 Å². The summed E-state index contributed by atoms with van der Waals surface area (Å²) in [6.07, 6.45) is 0.871. The number of ketones is 1. The van der Waals surface area contributed by atoms with Crippen molar-refractivity contribution in [2.24, 2.45) is 0 Å². The molecule has 1 N–H and O–H groups in total. The summed E-state index contributed by atoms with van der Waals surface area (Å²) in [5.74, 6) is -0.526. The Morgan fingerprint density at radius 2 is 2.10 bits per heavy atom. The minimum absolute atomic E-state index is 0.0626. The van der Waals surface area contributed by atoms with Gasteiger partial charge in [-0.15, -0.1) is 11.3 Å². The number of nitrogens with one attached hydrogen (secondary N) is 1. The fourth-order valence-corrected chi connectivity index (χ4v) is 3.00. The van der Waals surface area contributed by atoms with E-state index in [9.17, 15) is 9.59 Å². The molecule has 2 rings (SSSR count). The van der Waals surface area contributed by atoms with E-state index in [0.29, 0.717) is 22.5 Å². The van der Waals surface area contributed by atoms with Gasteiger partial charge in [-0.05, 0) is 32.8 Å². The maximum absolute atomic E-state index is 12.1. The van der Waals surface area contributed by atoms with E-state index >= 15 is 0 Å².